The Labute approximate surface area is 218 Å². The van der Waals surface area contributed by atoms with Crippen LogP contribution < -0.4 is 9.64 Å². The van der Waals surface area contributed by atoms with Crippen molar-refractivity contribution in [3.05, 3.63) is 77.6 Å². The fourth-order valence-corrected chi connectivity index (χ4v) is 6.95. The number of nitrogens with zero attached hydrogens (tertiary/aromatic N) is 4. The monoisotopic (exact) mass is 542 g/mol. The zero-order chi connectivity index (χ0) is 25.3. The zero-order valence-electron chi connectivity index (χ0n) is 19.4. The fourth-order valence-electron chi connectivity index (χ4n) is 4.23. The summed E-state index contributed by atoms with van der Waals surface area (Å²) in [5, 5.41) is 0.918. The molecular weight excluding hydrogens is 520 g/mol. The van der Waals surface area contributed by atoms with Gasteiger partial charge in [-0.3, -0.25) is 14.7 Å². The normalized spacial score (nSPS) is 16.3. The van der Waals surface area contributed by atoms with Crippen LogP contribution in [-0.2, 0) is 21.4 Å². The average Bonchev–Trinajstić information content (AvgIpc) is 3.55. The van der Waals surface area contributed by atoms with Gasteiger partial charge in [0.1, 0.15) is 11.8 Å². The number of hydrogen-bond donors (Lipinski definition) is 0. The Morgan fingerprint density at radius 3 is 2.72 bits per heavy atom. The van der Waals surface area contributed by atoms with Gasteiger partial charge in [-0.05, 0) is 61.4 Å². The molecule has 2 aromatic carbocycles. The van der Waals surface area contributed by atoms with Crippen molar-refractivity contribution in [2.24, 2.45) is 0 Å². The van der Waals surface area contributed by atoms with Gasteiger partial charge in [-0.1, -0.05) is 29.0 Å². The molecule has 1 saturated heterocycles. The van der Waals surface area contributed by atoms with Crippen molar-refractivity contribution >= 4 is 54.2 Å². The van der Waals surface area contributed by atoms with Gasteiger partial charge in [-0.2, -0.15) is 4.31 Å². The van der Waals surface area contributed by atoms with Gasteiger partial charge in [0, 0.05) is 23.8 Å². The van der Waals surface area contributed by atoms with Crippen LogP contribution in [0.3, 0.4) is 0 Å². The number of benzene rings is 2. The predicted molar refractivity (Wildman–Crippen MR) is 140 cm³/mol. The fraction of sp³-hybridized carbons (Fsp3) is 0.240. The van der Waals surface area contributed by atoms with Crippen LogP contribution in [-0.4, -0.2) is 48.3 Å². The first-order valence-electron chi connectivity index (χ1n) is 11.3. The molecule has 0 bridgehead atoms. The molecule has 3 heterocycles. The highest BCUT2D eigenvalue weighted by Gasteiger charge is 2.42. The Bertz CT molecular complexity index is 1490. The Morgan fingerprint density at radius 2 is 2.00 bits per heavy atom. The van der Waals surface area contributed by atoms with E-state index in [1.165, 1.54) is 39.9 Å². The molecule has 186 valence electrons. The lowest BCUT2D eigenvalue weighted by Gasteiger charge is -2.28. The summed E-state index contributed by atoms with van der Waals surface area (Å²) in [6, 6.07) is 16.2. The van der Waals surface area contributed by atoms with Crippen molar-refractivity contribution in [3.63, 3.8) is 0 Å². The second-order valence-electron chi connectivity index (χ2n) is 8.30. The quantitative estimate of drug-likeness (QED) is 0.335. The van der Waals surface area contributed by atoms with E-state index < -0.39 is 16.1 Å². The second kappa shape index (κ2) is 10.1. The molecule has 4 aromatic rings. The molecule has 8 nitrogen and oxygen atoms in total. The van der Waals surface area contributed by atoms with E-state index in [1.807, 2.05) is 30.3 Å². The van der Waals surface area contributed by atoms with Crippen LogP contribution in [0, 0.1) is 0 Å². The number of fused-ring (bicyclic) bond motifs is 1. The molecule has 0 spiro atoms. The lowest BCUT2D eigenvalue weighted by Crippen LogP contribution is -2.47. The highest BCUT2D eigenvalue weighted by molar-refractivity contribution is 7.89. The highest BCUT2D eigenvalue weighted by Crippen LogP contribution is 2.34. The van der Waals surface area contributed by atoms with Crippen LogP contribution in [0.2, 0.25) is 5.02 Å². The molecule has 1 amide bonds. The molecule has 0 aliphatic carbocycles. The van der Waals surface area contributed by atoms with Crippen molar-refractivity contribution < 1.29 is 17.9 Å². The number of methoxy groups -OCH3 is 1. The summed E-state index contributed by atoms with van der Waals surface area (Å²) < 4.78 is 34.4. The first-order chi connectivity index (χ1) is 17.4. The zero-order valence-corrected chi connectivity index (χ0v) is 21.8. The third kappa shape index (κ3) is 4.81. The van der Waals surface area contributed by atoms with Crippen LogP contribution >= 0.6 is 22.9 Å². The Hall–Kier alpha value is -3.05. The van der Waals surface area contributed by atoms with Gasteiger partial charge >= 0.3 is 0 Å². The summed E-state index contributed by atoms with van der Waals surface area (Å²) >= 11 is 7.32. The van der Waals surface area contributed by atoms with Crippen molar-refractivity contribution in [1.82, 2.24) is 14.3 Å². The number of halogens is 1. The molecule has 0 N–H and O–H groups in total. The maximum absolute atomic E-state index is 14.0. The average molecular weight is 543 g/mol. The Morgan fingerprint density at radius 1 is 1.19 bits per heavy atom. The van der Waals surface area contributed by atoms with E-state index in [9.17, 15) is 13.2 Å². The minimum Gasteiger partial charge on any atom is -0.497 e. The van der Waals surface area contributed by atoms with Crippen molar-refractivity contribution in [2.75, 3.05) is 18.6 Å². The molecule has 1 atom stereocenters. The van der Waals surface area contributed by atoms with Gasteiger partial charge in [0.2, 0.25) is 15.9 Å². The maximum Gasteiger partial charge on any atom is 0.247 e. The van der Waals surface area contributed by atoms with Crippen LogP contribution in [0.25, 0.3) is 10.2 Å². The molecule has 0 radical (unpaired) electrons. The number of hydrogen-bond acceptors (Lipinski definition) is 7. The molecule has 36 heavy (non-hydrogen) atoms. The number of pyridine rings is 1. The highest BCUT2D eigenvalue weighted by atomic mass is 35.5. The largest absolute Gasteiger partial charge is 0.497 e. The predicted octanol–water partition coefficient (Wildman–Crippen LogP) is 4.74. The van der Waals surface area contributed by atoms with E-state index in [0.717, 1.165) is 4.70 Å². The molecule has 5 rings (SSSR count). The molecule has 1 aliphatic rings. The lowest BCUT2D eigenvalue weighted by molar-refractivity contribution is -0.121. The summed E-state index contributed by atoms with van der Waals surface area (Å²) in [5.41, 5.74) is 1.37. The number of sulfonamides is 1. The minimum atomic E-state index is -3.89. The number of carbonyl (C=O) groups excluding carboxylic acids is 1. The van der Waals surface area contributed by atoms with Crippen molar-refractivity contribution in [3.8, 4) is 5.75 Å². The van der Waals surface area contributed by atoms with E-state index in [-0.39, 0.29) is 23.9 Å². The molecular formula is C25H23ClN4O4S2. The van der Waals surface area contributed by atoms with E-state index >= 15 is 0 Å². The minimum absolute atomic E-state index is 0.106. The van der Waals surface area contributed by atoms with Crippen LogP contribution in [0.5, 0.6) is 5.75 Å². The van der Waals surface area contributed by atoms with Gasteiger partial charge in [0.15, 0.2) is 5.13 Å². The summed E-state index contributed by atoms with van der Waals surface area (Å²) in [6.45, 7) is 0.428. The summed E-state index contributed by atoms with van der Waals surface area (Å²) in [5.74, 6) is 0.333. The smallest absolute Gasteiger partial charge is 0.247 e. The van der Waals surface area contributed by atoms with Crippen molar-refractivity contribution in [1.29, 1.82) is 0 Å². The van der Waals surface area contributed by atoms with Gasteiger partial charge in [-0.25, -0.2) is 13.4 Å². The molecule has 1 fully saturated rings. The Balaban J connectivity index is 1.52. The molecule has 2 aromatic heterocycles. The van der Waals surface area contributed by atoms with E-state index in [1.54, 1.807) is 24.3 Å². The van der Waals surface area contributed by atoms with Crippen molar-refractivity contribution in [2.45, 2.75) is 30.3 Å². The van der Waals surface area contributed by atoms with Gasteiger partial charge in [-0.15, -0.1) is 0 Å². The first-order valence-corrected chi connectivity index (χ1v) is 13.9. The molecule has 0 saturated carbocycles. The van der Waals surface area contributed by atoms with Crippen LogP contribution in [0.1, 0.15) is 18.5 Å². The summed E-state index contributed by atoms with van der Waals surface area (Å²) in [6.07, 6.45) is 2.66. The summed E-state index contributed by atoms with van der Waals surface area (Å²) in [7, 11) is -2.31. The lowest BCUT2D eigenvalue weighted by atomic mass is 10.2. The topological polar surface area (TPSA) is 92.7 Å². The van der Waals surface area contributed by atoms with E-state index in [2.05, 4.69) is 4.98 Å². The molecule has 1 aliphatic heterocycles. The van der Waals surface area contributed by atoms with Gasteiger partial charge in [0.25, 0.3) is 0 Å². The van der Waals surface area contributed by atoms with Crippen LogP contribution in [0.4, 0.5) is 5.13 Å². The summed E-state index contributed by atoms with van der Waals surface area (Å²) in [4.78, 5) is 24.7. The standard InChI is InChI=1S/C25H23ClN4O4S2/c1-34-19-9-12-23-21(15-19)28-25(35-23)29(16-18-5-2-3-13-27-18)24(31)22-6-4-14-30(22)36(32,33)20-10-7-17(26)8-11-20/h2-3,5,7-13,15,22H,4,6,14,16H2,1H3. The third-order valence-electron chi connectivity index (χ3n) is 6.04. The number of rotatable bonds is 7. The van der Waals surface area contributed by atoms with Gasteiger partial charge < -0.3 is 4.74 Å². The number of carbonyl (C=O) groups is 1. The number of aromatic nitrogens is 2. The van der Waals surface area contributed by atoms with E-state index in [4.69, 9.17) is 21.3 Å². The number of thiazole rings is 1. The van der Waals surface area contributed by atoms with E-state index in [0.29, 0.717) is 40.0 Å². The SMILES string of the molecule is COc1ccc2sc(N(Cc3ccccn3)C(=O)C3CCCN3S(=O)(=O)c3ccc(Cl)cc3)nc2c1. The molecule has 11 heteroatoms. The number of amides is 1. The first kappa shape index (κ1) is 24.6. The Kier molecular flexibility index (Phi) is 6.94. The third-order valence-corrected chi connectivity index (χ3v) is 9.27. The van der Waals surface area contributed by atoms with Crippen LogP contribution in [0.15, 0.2) is 71.8 Å². The number of anilines is 1. The number of ether oxygens (including phenoxy) is 1. The molecule has 1 unspecified atom stereocenters. The maximum atomic E-state index is 14.0. The van der Waals surface area contributed by atoms with Gasteiger partial charge in [0.05, 0.1) is 34.5 Å². The second-order valence-corrected chi connectivity index (χ2v) is 11.6.